The van der Waals surface area contributed by atoms with E-state index in [0.29, 0.717) is 6.42 Å². The molecule has 5 heteroatoms. The second-order valence-electron chi connectivity index (χ2n) is 13.9. The van der Waals surface area contributed by atoms with Gasteiger partial charge in [0.05, 0.1) is 18.8 Å². The van der Waals surface area contributed by atoms with Crippen molar-refractivity contribution in [2.75, 3.05) is 6.61 Å². The van der Waals surface area contributed by atoms with Crippen LogP contribution in [0.1, 0.15) is 104 Å². The highest BCUT2D eigenvalue weighted by atomic mass is 16.7. The Bertz CT molecular complexity index is 2280. The Morgan fingerprint density at radius 2 is 1.00 bits per heavy atom. The van der Waals surface area contributed by atoms with Crippen molar-refractivity contribution in [2.45, 2.75) is 128 Å². The number of nitrogens with one attached hydrogen (secondary N) is 1. The lowest BCUT2D eigenvalue weighted by Gasteiger charge is -2.44. The number of carbonyl (C=O) groups is 1. The molecule has 0 saturated carbocycles. The summed E-state index contributed by atoms with van der Waals surface area (Å²) >= 11 is 0. The number of ether oxygens (including phenoxy) is 2. The minimum absolute atomic E-state index is 0.00609. The Kier molecular flexibility index (Phi) is 32.7. The molecule has 0 spiro atoms. The second-order valence-corrected chi connectivity index (χ2v) is 13.9. The number of hydrogen-bond donors (Lipinski definition) is 2. The van der Waals surface area contributed by atoms with Gasteiger partial charge in [-0.05, 0) is 120 Å². The highest BCUT2D eigenvalue weighted by molar-refractivity contribution is 5.94. The molecule has 1 heterocycles. The quantitative estimate of drug-likeness (QED) is 0.0631. The van der Waals surface area contributed by atoms with Crippen LogP contribution in [-0.4, -0.2) is 37.0 Å². The van der Waals surface area contributed by atoms with Crippen molar-refractivity contribution in [3.63, 3.8) is 0 Å². The van der Waals surface area contributed by atoms with Crippen LogP contribution in [0.2, 0.25) is 0 Å². The Morgan fingerprint density at radius 3 is 1.40 bits per heavy atom. The van der Waals surface area contributed by atoms with Crippen molar-refractivity contribution in [2.24, 2.45) is 23.5 Å². The van der Waals surface area contributed by atoms with E-state index in [1.165, 1.54) is 64.2 Å². The molecular formula is C57H58N2O3. The van der Waals surface area contributed by atoms with Gasteiger partial charge in [-0.3, -0.25) is 4.79 Å². The first-order valence-electron chi connectivity index (χ1n) is 21.2. The summed E-state index contributed by atoms with van der Waals surface area (Å²) in [6.45, 7) is 20.1. The fraction of sp³-hybridized carbons (Fsp3) is 0.421. The molecule has 0 aromatic rings. The SMILES string of the molecule is C=CCC1O[C@@H](OC[C@H](NC(=O)C#CC#CC#CC#CC#CC#CC#CC#CC#CC#CC#CC#CC)[C@H](N)CCCCCCCCCCCCCC)[C@H](C=C)C(C=C)[C@H]1C=C. The fourth-order valence-corrected chi connectivity index (χ4v) is 6.33. The van der Waals surface area contributed by atoms with Crippen molar-refractivity contribution in [1.82, 2.24) is 5.32 Å². The molecule has 0 bridgehead atoms. The topological polar surface area (TPSA) is 73.6 Å². The molecule has 3 N–H and O–H groups in total. The summed E-state index contributed by atoms with van der Waals surface area (Å²) in [5, 5.41) is 2.95. The van der Waals surface area contributed by atoms with Crippen molar-refractivity contribution in [1.29, 1.82) is 0 Å². The molecule has 1 saturated heterocycles. The number of allylic oxidation sites excluding steroid dienone is 1. The van der Waals surface area contributed by atoms with Crippen molar-refractivity contribution >= 4 is 5.91 Å². The summed E-state index contributed by atoms with van der Waals surface area (Å²) in [7, 11) is 0. The highest BCUT2D eigenvalue weighted by Gasteiger charge is 2.42. The third kappa shape index (κ3) is 26.2. The second kappa shape index (κ2) is 38.2. The third-order valence-electron chi connectivity index (χ3n) is 9.43. The number of hydrogen-bond acceptors (Lipinski definition) is 4. The van der Waals surface area contributed by atoms with Crippen LogP contribution >= 0.6 is 0 Å². The molecule has 0 aromatic heterocycles. The molecule has 5 nitrogen and oxygen atoms in total. The summed E-state index contributed by atoms with van der Waals surface area (Å²) in [4.78, 5) is 13.0. The molecule has 0 aromatic carbocycles. The molecule has 314 valence electrons. The van der Waals surface area contributed by atoms with Gasteiger partial charge in [0.15, 0.2) is 6.29 Å². The van der Waals surface area contributed by atoms with Crippen LogP contribution < -0.4 is 11.1 Å². The maximum atomic E-state index is 13.0. The van der Waals surface area contributed by atoms with Gasteiger partial charge in [0.2, 0.25) is 0 Å². The standard InChI is InChI=1S/C57H58N2O3/c1-7-13-15-17-19-21-23-25-26-27-28-29-30-31-32-33-34-35-37-39-41-43-45-48-56(60)59-54(53(58)47-44-42-40-38-36-24-22-20-18-16-14-8-2)49-61-57-52(12-6)50(10-4)51(11-5)55(62-57)46-9-3/h9-12,50-55,57H,3-6,8,14,16,18,20,22,24,36,38,40,42,44,46-47,49,58H2,1-2H3,(H,59,60)/t50?,51-,52-,53-,54+,55?,57-/m1/s1. The first kappa shape index (κ1) is 53.0. The lowest BCUT2D eigenvalue weighted by Crippen LogP contribution is -2.52. The number of carbonyl (C=O) groups excluding carboxylic acids is 1. The first-order valence-corrected chi connectivity index (χ1v) is 21.2. The molecule has 2 unspecified atom stereocenters. The van der Waals surface area contributed by atoms with Crippen molar-refractivity contribution in [3.05, 3.63) is 50.6 Å². The Hall–Kier alpha value is -6.97. The number of unbranched alkanes of at least 4 members (excludes halogenated alkanes) is 11. The molecule has 0 aliphatic carbocycles. The van der Waals surface area contributed by atoms with Gasteiger partial charge in [-0.25, -0.2) is 0 Å². The first-order chi connectivity index (χ1) is 30.5. The van der Waals surface area contributed by atoms with Gasteiger partial charge >= 0.3 is 0 Å². The lowest BCUT2D eigenvalue weighted by atomic mass is 9.75. The predicted octanol–water partition coefficient (Wildman–Crippen LogP) is 7.67. The Labute approximate surface area is 375 Å². The van der Waals surface area contributed by atoms with E-state index in [2.05, 4.69) is 181 Å². The minimum Gasteiger partial charge on any atom is -0.350 e. The summed E-state index contributed by atoms with van der Waals surface area (Å²) in [5.74, 6) is 60.3. The maximum Gasteiger partial charge on any atom is 0.297 e. The zero-order valence-corrected chi connectivity index (χ0v) is 36.6. The molecule has 62 heavy (non-hydrogen) atoms. The zero-order valence-electron chi connectivity index (χ0n) is 36.6. The molecule has 1 rings (SSSR count). The minimum atomic E-state index is -0.622. The van der Waals surface area contributed by atoms with Gasteiger partial charge in [0.25, 0.3) is 5.91 Å². The predicted molar refractivity (Wildman–Crippen MR) is 255 cm³/mol. The van der Waals surface area contributed by atoms with Crippen LogP contribution in [0.4, 0.5) is 0 Å². The number of nitrogens with two attached hydrogens (primary N) is 1. The summed E-state index contributed by atoms with van der Waals surface area (Å²) in [5.41, 5.74) is 6.72. The van der Waals surface area contributed by atoms with Crippen molar-refractivity contribution in [3.8, 4) is 142 Å². The molecule has 1 amide bonds. The Balaban J connectivity index is 2.84. The molecule has 1 fully saturated rings. The molecular weight excluding hydrogens is 761 g/mol. The van der Waals surface area contributed by atoms with Gasteiger partial charge in [0, 0.05) is 59.3 Å². The summed E-state index contributed by atoms with van der Waals surface area (Å²) in [6.07, 6.45) is 23.0. The van der Waals surface area contributed by atoms with E-state index in [4.69, 9.17) is 15.2 Å². The van der Waals surface area contributed by atoms with E-state index in [-0.39, 0.29) is 36.5 Å². The summed E-state index contributed by atoms with van der Waals surface area (Å²) < 4.78 is 12.8. The van der Waals surface area contributed by atoms with Gasteiger partial charge in [-0.2, -0.15) is 0 Å². The lowest BCUT2D eigenvalue weighted by molar-refractivity contribution is -0.235. The monoisotopic (exact) mass is 818 g/mol. The molecule has 1 aliphatic rings. The van der Waals surface area contributed by atoms with Crippen LogP contribution in [-0.2, 0) is 14.3 Å². The summed E-state index contributed by atoms with van der Waals surface area (Å²) in [6, 6.07) is -0.884. The van der Waals surface area contributed by atoms with Gasteiger partial charge in [-0.15, -0.1) is 26.3 Å². The average molecular weight is 819 g/mol. The van der Waals surface area contributed by atoms with Gasteiger partial charge in [-0.1, -0.05) is 114 Å². The van der Waals surface area contributed by atoms with E-state index in [9.17, 15) is 4.79 Å². The van der Waals surface area contributed by atoms with Crippen LogP contribution in [0.25, 0.3) is 0 Å². The molecule has 1 aliphatic heterocycles. The maximum absolute atomic E-state index is 13.0. The Morgan fingerprint density at radius 1 is 0.597 bits per heavy atom. The molecule has 0 radical (unpaired) electrons. The van der Waals surface area contributed by atoms with Crippen LogP contribution in [0.15, 0.2) is 50.6 Å². The van der Waals surface area contributed by atoms with Crippen LogP contribution in [0, 0.1) is 160 Å². The highest BCUT2D eigenvalue weighted by Crippen LogP contribution is 2.39. The van der Waals surface area contributed by atoms with E-state index < -0.39 is 18.2 Å². The smallest absolute Gasteiger partial charge is 0.297 e. The number of rotatable bonds is 23. The van der Waals surface area contributed by atoms with E-state index in [0.717, 1.165) is 19.3 Å². The average Bonchev–Trinajstić information content (AvgIpc) is 3.28. The van der Waals surface area contributed by atoms with Crippen LogP contribution in [0.3, 0.4) is 0 Å². The normalized spacial score (nSPS) is 16.7. The largest absolute Gasteiger partial charge is 0.350 e. The number of amides is 1. The zero-order chi connectivity index (χ0) is 45.1. The van der Waals surface area contributed by atoms with E-state index in [1.54, 1.807) is 6.92 Å². The molecule has 7 atom stereocenters. The van der Waals surface area contributed by atoms with E-state index in [1.807, 2.05) is 24.3 Å². The van der Waals surface area contributed by atoms with Crippen LogP contribution in [0.5, 0.6) is 0 Å². The fourth-order valence-electron chi connectivity index (χ4n) is 6.33. The van der Waals surface area contributed by atoms with Gasteiger partial charge < -0.3 is 20.5 Å². The third-order valence-corrected chi connectivity index (χ3v) is 9.43. The van der Waals surface area contributed by atoms with E-state index >= 15 is 0 Å². The van der Waals surface area contributed by atoms with Gasteiger partial charge in [0.1, 0.15) is 0 Å². The van der Waals surface area contributed by atoms with Crippen molar-refractivity contribution < 1.29 is 14.3 Å².